The van der Waals surface area contributed by atoms with Crippen molar-refractivity contribution in [3.05, 3.63) is 71.1 Å². The molecule has 3 aromatic rings. The van der Waals surface area contributed by atoms with Gasteiger partial charge in [0.05, 0.1) is 30.9 Å². The van der Waals surface area contributed by atoms with Crippen LogP contribution in [0.15, 0.2) is 42.7 Å². The number of esters is 1. The van der Waals surface area contributed by atoms with Gasteiger partial charge in [0.1, 0.15) is 17.6 Å². The van der Waals surface area contributed by atoms with Gasteiger partial charge in [-0.2, -0.15) is 5.10 Å². The predicted molar refractivity (Wildman–Crippen MR) is 103 cm³/mol. The molecule has 2 aromatic heterocycles. The van der Waals surface area contributed by atoms with Crippen LogP contribution in [0.25, 0.3) is 10.4 Å². The zero-order valence-electron chi connectivity index (χ0n) is 15.7. The van der Waals surface area contributed by atoms with E-state index in [-0.39, 0.29) is 25.3 Å². The quantitative estimate of drug-likeness (QED) is 0.482. The van der Waals surface area contributed by atoms with Gasteiger partial charge in [-0.05, 0) is 36.8 Å². The van der Waals surface area contributed by atoms with Gasteiger partial charge in [0.25, 0.3) is 0 Å². The second kappa shape index (κ2) is 7.51. The Morgan fingerprint density at radius 2 is 2.21 bits per heavy atom. The number of ether oxygens (including phenoxy) is 1. The van der Waals surface area contributed by atoms with Crippen LogP contribution in [0.2, 0.25) is 0 Å². The van der Waals surface area contributed by atoms with Crippen molar-refractivity contribution in [2.24, 2.45) is 0 Å². The molecule has 8 heteroatoms. The molecule has 1 saturated heterocycles. The van der Waals surface area contributed by atoms with Crippen molar-refractivity contribution in [2.45, 2.75) is 25.6 Å². The summed E-state index contributed by atoms with van der Waals surface area (Å²) in [4.78, 5) is 17.3. The molecule has 6 nitrogen and oxygen atoms in total. The molecular weight excluding hydrogens is 378 g/mol. The van der Waals surface area contributed by atoms with Gasteiger partial charge in [-0.25, -0.2) is 22.9 Å². The maximum absolute atomic E-state index is 14.4. The minimum absolute atomic E-state index is 0.133. The fourth-order valence-corrected chi connectivity index (χ4v) is 3.75. The van der Waals surface area contributed by atoms with Gasteiger partial charge < -0.3 is 9.64 Å². The lowest BCUT2D eigenvalue weighted by Gasteiger charge is -2.27. The molecule has 0 aliphatic carbocycles. The van der Waals surface area contributed by atoms with Gasteiger partial charge >= 0.3 is 5.97 Å². The highest BCUT2D eigenvalue weighted by molar-refractivity contribution is 5.97. The number of anilines is 1. The third-order valence-electron chi connectivity index (χ3n) is 5.00. The summed E-state index contributed by atoms with van der Waals surface area (Å²) in [7, 11) is 0. The van der Waals surface area contributed by atoms with Gasteiger partial charge in [0, 0.05) is 24.8 Å². The maximum atomic E-state index is 14.4. The Hall–Kier alpha value is -3.47. The SMILES string of the molecule is [C-]#[N+]c1cc(F)cc([C@H]2C[C@H](F)CN2c2ccn3ncc(C(=O)OCC)c3c2)c1. The molecule has 3 heterocycles. The van der Waals surface area contributed by atoms with E-state index in [0.717, 1.165) is 6.07 Å². The minimum Gasteiger partial charge on any atom is -0.462 e. The van der Waals surface area contributed by atoms with Gasteiger partial charge in [-0.1, -0.05) is 6.07 Å². The number of benzene rings is 1. The molecule has 1 aromatic carbocycles. The number of hydrogen-bond acceptors (Lipinski definition) is 4. The topological polar surface area (TPSA) is 51.2 Å². The van der Waals surface area contributed by atoms with Crippen LogP contribution in [0.3, 0.4) is 0 Å². The summed E-state index contributed by atoms with van der Waals surface area (Å²) in [5.41, 5.74) is 2.28. The van der Waals surface area contributed by atoms with Crippen molar-refractivity contribution in [2.75, 3.05) is 18.1 Å². The van der Waals surface area contributed by atoms with E-state index in [2.05, 4.69) is 9.94 Å². The van der Waals surface area contributed by atoms with Crippen molar-refractivity contribution >= 4 is 22.9 Å². The first-order valence-corrected chi connectivity index (χ1v) is 9.23. The third-order valence-corrected chi connectivity index (χ3v) is 5.00. The molecule has 0 amide bonds. The second-order valence-corrected chi connectivity index (χ2v) is 6.85. The molecule has 29 heavy (non-hydrogen) atoms. The summed E-state index contributed by atoms with van der Waals surface area (Å²) in [5, 5.41) is 4.16. The van der Waals surface area contributed by atoms with Crippen molar-refractivity contribution < 1.29 is 18.3 Å². The molecule has 1 aliphatic rings. The summed E-state index contributed by atoms with van der Waals surface area (Å²) >= 11 is 0. The van der Waals surface area contributed by atoms with E-state index in [1.54, 1.807) is 35.8 Å². The molecule has 1 fully saturated rings. The van der Waals surface area contributed by atoms with Crippen LogP contribution in [0, 0.1) is 12.4 Å². The lowest BCUT2D eigenvalue weighted by Crippen LogP contribution is -2.23. The molecule has 1 aliphatic heterocycles. The summed E-state index contributed by atoms with van der Waals surface area (Å²) in [6, 6.07) is 7.19. The first-order chi connectivity index (χ1) is 14.0. The van der Waals surface area contributed by atoms with E-state index < -0.39 is 24.0 Å². The average molecular weight is 396 g/mol. The Balaban J connectivity index is 1.75. The van der Waals surface area contributed by atoms with Crippen molar-refractivity contribution in [1.29, 1.82) is 0 Å². The van der Waals surface area contributed by atoms with Gasteiger partial charge in [-0.15, -0.1) is 0 Å². The van der Waals surface area contributed by atoms with Crippen molar-refractivity contribution in [3.8, 4) is 0 Å². The first kappa shape index (κ1) is 18.9. The van der Waals surface area contributed by atoms with E-state index in [4.69, 9.17) is 11.3 Å². The van der Waals surface area contributed by atoms with Crippen LogP contribution < -0.4 is 4.90 Å². The van der Waals surface area contributed by atoms with E-state index in [0.29, 0.717) is 22.3 Å². The summed E-state index contributed by atoms with van der Waals surface area (Å²) in [6.45, 7) is 9.25. The van der Waals surface area contributed by atoms with Crippen molar-refractivity contribution in [3.63, 3.8) is 0 Å². The largest absolute Gasteiger partial charge is 0.462 e. The van der Waals surface area contributed by atoms with Crippen molar-refractivity contribution in [1.82, 2.24) is 9.61 Å². The second-order valence-electron chi connectivity index (χ2n) is 6.85. The van der Waals surface area contributed by atoms with Crippen LogP contribution in [-0.4, -0.2) is 34.9 Å². The lowest BCUT2D eigenvalue weighted by molar-refractivity contribution is 0.0528. The number of carbonyl (C=O) groups is 1. The highest BCUT2D eigenvalue weighted by atomic mass is 19.1. The molecule has 0 saturated carbocycles. The first-order valence-electron chi connectivity index (χ1n) is 9.23. The molecule has 0 radical (unpaired) electrons. The fraction of sp³-hybridized carbons (Fsp3) is 0.286. The summed E-state index contributed by atoms with van der Waals surface area (Å²) in [5.74, 6) is -1.00. The van der Waals surface area contributed by atoms with Crippen LogP contribution in [-0.2, 0) is 4.74 Å². The van der Waals surface area contributed by atoms with Crippen LogP contribution in [0.1, 0.15) is 35.3 Å². The highest BCUT2D eigenvalue weighted by Gasteiger charge is 2.34. The number of nitrogens with zero attached hydrogens (tertiary/aromatic N) is 4. The average Bonchev–Trinajstić information content (AvgIpc) is 3.30. The monoisotopic (exact) mass is 396 g/mol. The van der Waals surface area contributed by atoms with Crippen LogP contribution >= 0.6 is 0 Å². The number of carbonyl (C=O) groups excluding carboxylic acids is 1. The van der Waals surface area contributed by atoms with E-state index in [1.165, 1.54) is 12.3 Å². The zero-order chi connectivity index (χ0) is 20.5. The molecule has 0 spiro atoms. The number of fused-ring (bicyclic) bond motifs is 1. The number of halogens is 2. The number of hydrogen-bond donors (Lipinski definition) is 0. The molecule has 0 unspecified atom stereocenters. The fourth-order valence-electron chi connectivity index (χ4n) is 3.75. The normalized spacial score (nSPS) is 18.8. The summed E-state index contributed by atoms with van der Waals surface area (Å²) < 4.78 is 34.9. The van der Waals surface area contributed by atoms with E-state index in [9.17, 15) is 13.6 Å². The van der Waals surface area contributed by atoms with Gasteiger partial charge in [0.2, 0.25) is 0 Å². The molecular formula is C21H18F2N4O2. The Labute approximate surface area is 166 Å². The Bertz CT molecular complexity index is 1120. The van der Waals surface area contributed by atoms with Gasteiger partial charge in [0.15, 0.2) is 5.69 Å². The Morgan fingerprint density at radius 1 is 1.38 bits per heavy atom. The Kier molecular flexibility index (Phi) is 4.89. The Morgan fingerprint density at radius 3 is 2.97 bits per heavy atom. The zero-order valence-corrected chi connectivity index (χ0v) is 15.7. The standard InChI is InChI=1S/C21H18F2N4O2/c1-3-29-21(28)18-11-25-27-5-4-17(10-20(18)27)26-12-15(23)9-19(26)13-6-14(22)8-16(7-13)24-2/h4-8,10-11,15,19H,3,9,12H2,1H3/t15-,19+/m0/s1. The predicted octanol–water partition coefficient (Wildman–Crippen LogP) is 4.49. The van der Waals surface area contributed by atoms with Gasteiger partial charge in [-0.3, -0.25) is 0 Å². The van der Waals surface area contributed by atoms with E-state index in [1.807, 2.05) is 4.90 Å². The molecule has 0 N–H and O–H groups in total. The molecule has 0 bridgehead atoms. The summed E-state index contributed by atoms with van der Waals surface area (Å²) in [6.07, 6.45) is 2.22. The lowest BCUT2D eigenvalue weighted by atomic mass is 10.0. The minimum atomic E-state index is -1.09. The van der Waals surface area contributed by atoms with Crippen LogP contribution in [0.4, 0.5) is 20.2 Å². The number of rotatable bonds is 4. The molecule has 4 rings (SSSR count). The van der Waals surface area contributed by atoms with E-state index >= 15 is 0 Å². The van der Waals surface area contributed by atoms with Crippen LogP contribution in [0.5, 0.6) is 0 Å². The third kappa shape index (κ3) is 3.51. The maximum Gasteiger partial charge on any atom is 0.341 e. The number of alkyl halides is 1. The number of pyridine rings is 1. The molecule has 2 atom stereocenters. The smallest absolute Gasteiger partial charge is 0.341 e. The molecule has 148 valence electrons. The number of aromatic nitrogens is 2. The highest BCUT2D eigenvalue weighted by Crippen LogP contribution is 2.39.